The normalized spacial score (nSPS) is 10.7. The maximum atomic E-state index is 4.16. The van der Waals surface area contributed by atoms with E-state index in [1.807, 2.05) is 18.3 Å². The number of hydrogen-bond acceptors (Lipinski definition) is 4. The standard InChI is InChI=1S/C20H21N3S/c1-2-6-20(7-3-1)24-23-14-13-22-15-17-8-10-18(11-9-17)19-5-4-12-21-16-19/h1-12,16,22-23H,13-15H2. The monoisotopic (exact) mass is 335 g/mol. The molecule has 0 saturated heterocycles. The number of nitrogens with one attached hydrogen (secondary N) is 2. The fraction of sp³-hybridized carbons (Fsp3) is 0.150. The first-order valence-electron chi connectivity index (χ1n) is 8.06. The Balaban J connectivity index is 1.36. The van der Waals surface area contributed by atoms with Gasteiger partial charge in [-0.1, -0.05) is 48.5 Å². The van der Waals surface area contributed by atoms with Gasteiger partial charge < -0.3 is 5.32 Å². The van der Waals surface area contributed by atoms with Gasteiger partial charge in [-0.15, -0.1) is 0 Å². The molecule has 2 N–H and O–H groups in total. The summed E-state index contributed by atoms with van der Waals surface area (Å²) in [5, 5.41) is 3.46. The van der Waals surface area contributed by atoms with Gasteiger partial charge in [-0.05, 0) is 46.8 Å². The summed E-state index contributed by atoms with van der Waals surface area (Å²) in [5.74, 6) is 0. The average molecular weight is 335 g/mol. The summed E-state index contributed by atoms with van der Waals surface area (Å²) in [4.78, 5) is 5.40. The van der Waals surface area contributed by atoms with E-state index in [0.717, 1.165) is 25.2 Å². The van der Waals surface area contributed by atoms with Crippen molar-refractivity contribution in [3.8, 4) is 11.1 Å². The average Bonchev–Trinajstić information content (AvgIpc) is 2.67. The number of aromatic nitrogens is 1. The topological polar surface area (TPSA) is 37.0 Å². The molecule has 0 unspecified atom stereocenters. The highest BCUT2D eigenvalue weighted by Gasteiger charge is 1.98. The molecule has 122 valence electrons. The molecule has 0 aliphatic heterocycles. The maximum absolute atomic E-state index is 4.16. The molecule has 3 aromatic rings. The van der Waals surface area contributed by atoms with Crippen LogP contribution >= 0.6 is 11.9 Å². The third-order valence-corrected chi connectivity index (χ3v) is 4.47. The van der Waals surface area contributed by atoms with Gasteiger partial charge in [0.05, 0.1) is 0 Å². The quantitative estimate of drug-likeness (QED) is 0.479. The van der Waals surface area contributed by atoms with E-state index in [9.17, 15) is 0 Å². The Bertz CT molecular complexity index is 715. The number of rotatable bonds is 8. The highest BCUT2D eigenvalue weighted by Crippen LogP contribution is 2.18. The lowest BCUT2D eigenvalue weighted by molar-refractivity contribution is 0.681. The predicted molar refractivity (Wildman–Crippen MR) is 102 cm³/mol. The maximum Gasteiger partial charge on any atom is 0.0346 e. The molecule has 0 aliphatic carbocycles. The zero-order valence-electron chi connectivity index (χ0n) is 13.5. The molecule has 0 bridgehead atoms. The molecule has 0 radical (unpaired) electrons. The van der Waals surface area contributed by atoms with E-state index in [-0.39, 0.29) is 0 Å². The summed E-state index contributed by atoms with van der Waals surface area (Å²) in [7, 11) is 0. The molecule has 3 nitrogen and oxygen atoms in total. The fourth-order valence-corrected chi connectivity index (χ4v) is 3.01. The summed E-state index contributed by atoms with van der Waals surface area (Å²) >= 11 is 1.67. The summed E-state index contributed by atoms with van der Waals surface area (Å²) in [5.41, 5.74) is 3.64. The molecule has 0 atom stereocenters. The van der Waals surface area contributed by atoms with Crippen molar-refractivity contribution in [2.75, 3.05) is 13.1 Å². The molecule has 0 spiro atoms. The zero-order valence-corrected chi connectivity index (χ0v) is 14.3. The van der Waals surface area contributed by atoms with Crippen LogP contribution in [0.2, 0.25) is 0 Å². The van der Waals surface area contributed by atoms with Crippen LogP contribution in [0.1, 0.15) is 5.56 Å². The first-order chi connectivity index (χ1) is 11.9. The van der Waals surface area contributed by atoms with Crippen LogP contribution < -0.4 is 10.0 Å². The van der Waals surface area contributed by atoms with Gasteiger partial charge in [0.1, 0.15) is 0 Å². The largest absolute Gasteiger partial charge is 0.311 e. The van der Waals surface area contributed by atoms with Crippen LogP contribution in [0.15, 0.2) is 84.0 Å². The van der Waals surface area contributed by atoms with Crippen molar-refractivity contribution in [1.82, 2.24) is 15.0 Å². The number of nitrogens with zero attached hydrogens (tertiary/aromatic N) is 1. The third-order valence-electron chi connectivity index (χ3n) is 3.61. The number of hydrogen-bond donors (Lipinski definition) is 2. The Morgan fingerprint density at radius 2 is 1.62 bits per heavy atom. The summed E-state index contributed by atoms with van der Waals surface area (Å²) < 4.78 is 3.37. The molecule has 3 rings (SSSR count). The number of benzene rings is 2. The molecule has 0 fully saturated rings. The fourth-order valence-electron chi connectivity index (χ4n) is 2.34. The first kappa shape index (κ1) is 16.7. The Labute approximate surface area is 147 Å². The van der Waals surface area contributed by atoms with E-state index < -0.39 is 0 Å². The van der Waals surface area contributed by atoms with Crippen molar-refractivity contribution in [3.63, 3.8) is 0 Å². The van der Waals surface area contributed by atoms with E-state index in [1.54, 1.807) is 18.1 Å². The van der Waals surface area contributed by atoms with Crippen molar-refractivity contribution < 1.29 is 0 Å². The van der Waals surface area contributed by atoms with Crippen LogP contribution in [0.3, 0.4) is 0 Å². The van der Waals surface area contributed by atoms with Gasteiger partial charge in [0.2, 0.25) is 0 Å². The van der Waals surface area contributed by atoms with Crippen molar-refractivity contribution in [3.05, 3.63) is 84.7 Å². The minimum Gasteiger partial charge on any atom is -0.311 e. The summed E-state index contributed by atoms with van der Waals surface area (Å²) in [6, 6.07) is 23.0. The molecule has 0 saturated carbocycles. The Morgan fingerprint density at radius 3 is 2.38 bits per heavy atom. The second-order valence-electron chi connectivity index (χ2n) is 5.42. The van der Waals surface area contributed by atoms with Crippen LogP contribution in [-0.2, 0) is 6.54 Å². The van der Waals surface area contributed by atoms with Gasteiger partial charge in [0.25, 0.3) is 0 Å². The van der Waals surface area contributed by atoms with Gasteiger partial charge in [0.15, 0.2) is 0 Å². The van der Waals surface area contributed by atoms with E-state index in [4.69, 9.17) is 0 Å². The molecule has 0 amide bonds. The molecular formula is C20H21N3S. The Morgan fingerprint density at radius 1 is 0.792 bits per heavy atom. The lowest BCUT2D eigenvalue weighted by Crippen LogP contribution is -2.23. The molecule has 1 aromatic heterocycles. The first-order valence-corrected chi connectivity index (χ1v) is 8.88. The minimum atomic E-state index is 0.880. The SMILES string of the molecule is c1ccc(SNCCNCc2ccc(-c3cccnc3)cc2)cc1. The van der Waals surface area contributed by atoms with Gasteiger partial charge in [-0.3, -0.25) is 9.71 Å². The van der Waals surface area contributed by atoms with E-state index in [2.05, 4.69) is 69.6 Å². The van der Waals surface area contributed by atoms with Crippen LogP contribution in [0.25, 0.3) is 11.1 Å². The van der Waals surface area contributed by atoms with Crippen molar-refractivity contribution in [2.45, 2.75) is 11.4 Å². The van der Waals surface area contributed by atoms with Crippen molar-refractivity contribution >= 4 is 11.9 Å². The molecule has 4 heteroatoms. The second kappa shape index (κ2) is 9.23. The Hall–Kier alpha value is -2.14. The molecule has 2 aromatic carbocycles. The van der Waals surface area contributed by atoms with Crippen LogP contribution in [0.4, 0.5) is 0 Å². The summed E-state index contributed by atoms with van der Waals surface area (Å²) in [6.07, 6.45) is 3.69. The van der Waals surface area contributed by atoms with E-state index in [1.165, 1.54) is 16.0 Å². The van der Waals surface area contributed by atoms with Crippen LogP contribution in [-0.4, -0.2) is 18.1 Å². The highest BCUT2D eigenvalue weighted by atomic mass is 32.2. The zero-order chi connectivity index (χ0) is 16.5. The van der Waals surface area contributed by atoms with Gasteiger partial charge in [-0.2, -0.15) is 0 Å². The molecular weight excluding hydrogens is 314 g/mol. The lowest BCUT2D eigenvalue weighted by atomic mass is 10.1. The highest BCUT2D eigenvalue weighted by molar-refractivity contribution is 7.97. The molecule has 24 heavy (non-hydrogen) atoms. The minimum absolute atomic E-state index is 0.880. The predicted octanol–water partition coefficient (Wildman–Crippen LogP) is 4.14. The smallest absolute Gasteiger partial charge is 0.0346 e. The van der Waals surface area contributed by atoms with E-state index in [0.29, 0.717) is 0 Å². The Kier molecular flexibility index (Phi) is 6.42. The second-order valence-corrected chi connectivity index (χ2v) is 6.39. The third kappa shape index (κ3) is 5.20. The molecule has 1 heterocycles. The van der Waals surface area contributed by atoms with Gasteiger partial charge >= 0.3 is 0 Å². The van der Waals surface area contributed by atoms with Crippen molar-refractivity contribution in [2.24, 2.45) is 0 Å². The number of pyridine rings is 1. The van der Waals surface area contributed by atoms with Gasteiger partial charge in [0, 0.05) is 36.9 Å². The van der Waals surface area contributed by atoms with Crippen LogP contribution in [0, 0.1) is 0 Å². The van der Waals surface area contributed by atoms with Gasteiger partial charge in [-0.25, -0.2) is 0 Å². The van der Waals surface area contributed by atoms with E-state index >= 15 is 0 Å². The van der Waals surface area contributed by atoms with Crippen LogP contribution in [0.5, 0.6) is 0 Å². The lowest BCUT2D eigenvalue weighted by Gasteiger charge is -2.07. The van der Waals surface area contributed by atoms with Crippen molar-refractivity contribution in [1.29, 1.82) is 0 Å². The summed E-state index contributed by atoms with van der Waals surface area (Å²) in [6.45, 7) is 2.74. The molecule has 0 aliphatic rings.